The topological polar surface area (TPSA) is 119 Å². The van der Waals surface area contributed by atoms with E-state index in [4.69, 9.17) is 0 Å². The van der Waals surface area contributed by atoms with E-state index in [1.807, 2.05) is 6.07 Å². The van der Waals surface area contributed by atoms with Gasteiger partial charge in [-0.05, 0) is 37.3 Å². The summed E-state index contributed by atoms with van der Waals surface area (Å²) >= 11 is 0. The number of nitrogens with zero attached hydrogens (tertiary/aromatic N) is 5. The van der Waals surface area contributed by atoms with Crippen LogP contribution in [-0.2, 0) is 21.9 Å². The number of para-hydroxylation sites is 1. The van der Waals surface area contributed by atoms with Crippen LogP contribution in [0.1, 0.15) is 11.3 Å². The summed E-state index contributed by atoms with van der Waals surface area (Å²) in [6.07, 6.45) is 4.55. The number of carbonyl (C=O) groups excluding carboxylic acids is 1. The lowest BCUT2D eigenvalue weighted by Crippen LogP contribution is -2.42. The van der Waals surface area contributed by atoms with Crippen molar-refractivity contribution in [1.82, 2.24) is 19.8 Å². The molecular formula is C25H24N6O4S. The van der Waals surface area contributed by atoms with Crippen LogP contribution in [0.4, 0.5) is 5.69 Å². The number of amides is 1. The minimum Gasteiger partial charge on any atom is -0.283 e. The van der Waals surface area contributed by atoms with Crippen molar-refractivity contribution < 1.29 is 13.2 Å². The van der Waals surface area contributed by atoms with Crippen LogP contribution >= 0.6 is 0 Å². The van der Waals surface area contributed by atoms with Crippen molar-refractivity contribution in [2.75, 3.05) is 10.8 Å². The second-order valence-corrected chi connectivity index (χ2v) is 9.68. The Labute approximate surface area is 208 Å². The third-order valence-electron chi connectivity index (χ3n) is 5.48. The van der Waals surface area contributed by atoms with Gasteiger partial charge < -0.3 is 0 Å². The SMILES string of the molecule is Cc1c(N(CC(=O)N/N=C\c2cccnc2)S(=O)(=O)c2ccccc2)c(=O)n(-c2ccccc2)n1C. The van der Waals surface area contributed by atoms with Gasteiger partial charge >= 0.3 is 0 Å². The van der Waals surface area contributed by atoms with Gasteiger partial charge in [0.1, 0.15) is 12.2 Å². The van der Waals surface area contributed by atoms with Crippen LogP contribution in [0.15, 0.2) is 100.0 Å². The van der Waals surface area contributed by atoms with Crippen LogP contribution in [0.3, 0.4) is 0 Å². The highest BCUT2D eigenvalue weighted by atomic mass is 32.2. The molecule has 36 heavy (non-hydrogen) atoms. The van der Waals surface area contributed by atoms with Crippen molar-refractivity contribution in [1.29, 1.82) is 0 Å². The molecule has 4 aromatic rings. The first-order chi connectivity index (χ1) is 17.3. The van der Waals surface area contributed by atoms with Crippen LogP contribution in [0.25, 0.3) is 5.69 Å². The zero-order valence-corrected chi connectivity index (χ0v) is 20.5. The van der Waals surface area contributed by atoms with Gasteiger partial charge in [0, 0.05) is 25.0 Å². The first-order valence-corrected chi connectivity index (χ1v) is 12.4. The predicted molar refractivity (Wildman–Crippen MR) is 137 cm³/mol. The Morgan fingerprint density at radius 1 is 1.06 bits per heavy atom. The first-order valence-electron chi connectivity index (χ1n) is 10.9. The first kappa shape index (κ1) is 24.6. The van der Waals surface area contributed by atoms with E-state index < -0.39 is 28.0 Å². The van der Waals surface area contributed by atoms with Crippen LogP contribution < -0.4 is 15.3 Å². The molecular weight excluding hydrogens is 480 g/mol. The standard InChI is InChI=1S/C25H24N6O4S/c1-19-24(25(33)31(29(19)2)21-11-5-3-6-12-21)30(36(34,35)22-13-7-4-8-14-22)18-23(32)28-27-17-20-10-9-15-26-16-20/h3-17H,18H2,1-2H3,(H,28,32)/b27-17-. The number of rotatable bonds is 8. The molecule has 0 saturated carbocycles. The van der Waals surface area contributed by atoms with E-state index >= 15 is 0 Å². The Morgan fingerprint density at radius 2 is 1.72 bits per heavy atom. The highest BCUT2D eigenvalue weighted by Gasteiger charge is 2.33. The number of hydrogen-bond acceptors (Lipinski definition) is 6. The fourth-order valence-electron chi connectivity index (χ4n) is 3.64. The summed E-state index contributed by atoms with van der Waals surface area (Å²) in [5, 5.41) is 3.88. The normalized spacial score (nSPS) is 11.5. The minimum absolute atomic E-state index is 0.0504. The van der Waals surface area contributed by atoms with Gasteiger partial charge in [-0.15, -0.1) is 0 Å². The minimum atomic E-state index is -4.27. The Morgan fingerprint density at radius 3 is 2.36 bits per heavy atom. The monoisotopic (exact) mass is 504 g/mol. The van der Waals surface area contributed by atoms with Gasteiger partial charge in [0.15, 0.2) is 0 Å². The molecule has 0 aliphatic heterocycles. The Bertz CT molecular complexity index is 1550. The average molecular weight is 505 g/mol. The van der Waals surface area contributed by atoms with Gasteiger partial charge in [0.25, 0.3) is 21.5 Å². The Balaban J connectivity index is 1.75. The van der Waals surface area contributed by atoms with Crippen molar-refractivity contribution in [3.8, 4) is 5.69 Å². The maximum Gasteiger partial charge on any atom is 0.296 e. The van der Waals surface area contributed by atoms with Crippen molar-refractivity contribution in [3.63, 3.8) is 0 Å². The van der Waals surface area contributed by atoms with Gasteiger partial charge in [0.2, 0.25) is 0 Å². The molecule has 0 unspecified atom stereocenters. The van der Waals surface area contributed by atoms with Crippen LogP contribution in [0, 0.1) is 6.92 Å². The lowest BCUT2D eigenvalue weighted by atomic mass is 10.3. The molecule has 2 aromatic carbocycles. The van der Waals surface area contributed by atoms with E-state index in [1.165, 1.54) is 23.0 Å². The molecule has 1 N–H and O–H groups in total. The Kier molecular flexibility index (Phi) is 7.11. The molecule has 0 aliphatic carbocycles. The zero-order valence-electron chi connectivity index (χ0n) is 19.6. The molecule has 2 aromatic heterocycles. The van der Waals surface area contributed by atoms with E-state index in [2.05, 4.69) is 15.5 Å². The van der Waals surface area contributed by atoms with E-state index in [0.29, 0.717) is 16.9 Å². The third-order valence-corrected chi connectivity index (χ3v) is 7.24. The second-order valence-electron chi connectivity index (χ2n) is 7.81. The second kappa shape index (κ2) is 10.4. The fraction of sp³-hybridized carbons (Fsp3) is 0.120. The molecule has 0 aliphatic rings. The number of carbonyl (C=O) groups is 1. The molecule has 11 heteroatoms. The largest absolute Gasteiger partial charge is 0.296 e. The maximum absolute atomic E-state index is 13.7. The van der Waals surface area contributed by atoms with Gasteiger partial charge in [0.05, 0.1) is 22.5 Å². The third kappa shape index (κ3) is 4.96. The molecule has 0 fully saturated rings. The van der Waals surface area contributed by atoms with Crippen molar-refractivity contribution in [3.05, 3.63) is 107 Å². The van der Waals surface area contributed by atoms with Crippen molar-refractivity contribution in [2.45, 2.75) is 11.8 Å². The van der Waals surface area contributed by atoms with Gasteiger partial charge in [-0.25, -0.2) is 22.8 Å². The summed E-state index contributed by atoms with van der Waals surface area (Å²) in [5.74, 6) is -0.719. The van der Waals surface area contributed by atoms with Crippen molar-refractivity contribution >= 4 is 27.8 Å². The Hall–Kier alpha value is -4.51. The van der Waals surface area contributed by atoms with E-state index in [-0.39, 0.29) is 10.6 Å². The predicted octanol–water partition coefficient (Wildman–Crippen LogP) is 2.23. The van der Waals surface area contributed by atoms with Gasteiger partial charge in [-0.1, -0.05) is 42.5 Å². The van der Waals surface area contributed by atoms with Crippen LogP contribution in [-0.4, -0.2) is 41.4 Å². The lowest BCUT2D eigenvalue weighted by Gasteiger charge is -2.22. The van der Waals surface area contributed by atoms with E-state index in [0.717, 1.165) is 4.31 Å². The van der Waals surface area contributed by atoms with E-state index in [9.17, 15) is 18.0 Å². The molecule has 0 spiro atoms. The highest BCUT2D eigenvalue weighted by molar-refractivity contribution is 7.92. The van der Waals surface area contributed by atoms with Crippen LogP contribution in [0.5, 0.6) is 0 Å². The summed E-state index contributed by atoms with van der Waals surface area (Å²) in [7, 11) is -2.62. The maximum atomic E-state index is 13.7. The number of sulfonamides is 1. The number of hydrogen-bond donors (Lipinski definition) is 1. The number of hydrazone groups is 1. The van der Waals surface area contributed by atoms with E-state index in [1.54, 1.807) is 85.6 Å². The number of anilines is 1. The molecule has 4 rings (SSSR count). The smallest absolute Gasteiger partial charge is 0.283 e. The number of aromatic nitrogens is 3. The summed E-state index contributed by atoms with van der Waals surface area (Å²) in [6, 6.07) is 19.9. The fourth-order valence-corrected chi connectivity index (χ4v) is 5.14. The van der Waals surface area contributed by atoms with Crippen molar-refractivity contribution in [2.24, 2.45) is 12.1 Å². The lowest BCUT2D eigenvalue weighted by molar-refractivity contribution is -0.119. The molecule has 0 bridgehead atoms. The summed E-state index contributed by atoms with van der Waals surface area (Å²) < 4.78 is 31.1. The molecule has 2 heterocycles. The molecule has 0 atom stereocenters. The molecule has 10 nitrogen and oxygen atoms in total. The summed E-state index contributed by atoms with van der Waals surface area (Å²) in [6.45, 7) is 0.971. The quantitative estimate of drug-likeness (QED) is 0.292. The number of benzene rings is 2. The molecule has 1 amide bonds. The van der Waals surface area contributed by atoms with Gasteiger partial charge in [-0.2, -0.15) is 5.10 Å². The van der Waals surface area contributed by atoms with Crippen LogP contribution in [0.2, 0.25) is 0 Å². The summed E-state index contributed by atoms with van der Waals surface area (Å²) in [4.78, 5) is 30.3. The number of pyridine rings is 1. The highest BCUT2D eigenvalue weighted by Crippen LogP contribution is 2.25. The summed E-state index contributed by atoms with van der Waals surface area (Å²) in [5.41, 5.74) is 3.20. The van der Waals surface area contributed by atoms with Gasteiger partial charge in [-0.3, -0.25) is 19.3 Å². The average Bonchev–Trinajstić information content (AvgIpc) is 3.11. The zero-order chi connectivity index (χ0) is 25.7. The molecule has 0 radical (unpaired) electrons. The molecule has 184 valence electrons. The number of nitrogens with one attached hydrogen (secondary N) is 1. The molecule has 0 saturated heterocycles.